The van der Waals surface area contributed by atoms with E-state index in [1.54, 1.807) is 0 Å². The van der Waals surface area contributed by atoms with E-state index in [9.17, 15) is 19.2 Å². The van der Waals surface area contributed by atoms with Gasteiger partial charge in [0.25, 0.3) is 0 Å². The van der Waals surface area contributed by atoms with Crippen molar-refractivity contribution in [2.45, 2.75) is 26.7 Å². The van der Waals surface area contributed by atoms with Crippen LogP contribution in [0.4, 0.5) is 0 Å². The molecule has 0 aromatic rings. The summed E-state index contributed by atoms with van der Waals surface area (Å²) in [4.78, 5) is 40.5. The van der Waals surface area contributed by atoms with E-state index in [0.29, 0.717) is 0 Å². The van der Waals surface area contributed by atoms with Crippen LogP contribution in [0.25, 0.3) is 0 Å². The number of ketones is 4. The number of Topliss-reactive ketones (excluding diaryl/α,β-unsaturated/α-hetero) is 4. The number of aliphatic hydroxyl groups excluding tert-OH is 2. The van der Waals surface area contributed by atoms with Crippen LogP contribution in [-0.4, -0.2) is 46.6 Å². The molecule has 2 N–H and O–H groups in total. The Hall–Kier alpha value is -0.886. The van der Waals surface area contributed by atoms with Gasteiger partial charge >= 0.3 is 23.7 Å². The van der Waals surface area contributed by atoms with Crippen LogP contribution >= 0.6 is 0 Å². The molecule has 0 aliphatic carbocycles. The quantitative estimate of drug-likeness (QED) is 0.472. The average Bonchev–Trinajstić information content (AvgIpc) is 2.30. The molecule has 0 amide bonds. The Labute approximate surface area is 116 Å². The molecule has 0 saturated heterocycles. The van der Waals surface area contributed by atoms with Crippen molar-refractivity contribution in [3.8, 4) is 0 Å². The minimum atomic E-state index is -0.528. The minimum absolute atomic E-state index is 0.142. The van der Waals surface area contributed by atoms with Gasteiger partial charge in [0.15, 0.2) is 11.6 Å². The van der Waals surface area contributed by atoms with Gasteiger partial charge in [-0.05, 0) is 13.8 Å². The van der Waals surface area contributed by atoms with Gasteiger partial charge in [-0.3, -0.25) is 19.2 Å². The van der Waals surface area contributed by atoms with Crippen LogP contribution in [0, 0.1) is 0 Å². The molecule has 0 heterocycles. The first-order valence-corrected chi connectivity index (χ1v) is 5.41. The Balaban J connectivity index is -0.000000219. The zero-order chi connectivity index (χ0) is 15.1. The van der Waals surface area contributed by atoms with E-state index < -0.39 is 24.8 Å². The molecule has 0 aromatic carbocycles. The summed E-state index contributed by atoms with van der Waals surface area (Å²) in [7, 11) is 0. The molecule has 18 heavy (non-hydrogen) atoms. The van der Waals surface area contributed by atoms with Crippen molar-refractivity contribution < 1.29 is 53.1 Å². The second-order valence-electron chi connectivity index (χ2n) is 3.15. The summed E-state index contributed by atoms with van der Waals surface area (Å²) in [6, 6.07) is 0. The van der Waals surface area contributed by atoms with Gasteiger partial charge in [-0.15, -0.1) is 0 Å². The molecule has 102 valence electrons. The van der Waals surface area contributed by atoms with Gasteiger partial charge in [0.05, 0.1) is 12.8 Å². The Morgan fingerprint density at radius 3 is 1.06 bits per heavy atom. The third-order valence-corrected chi connectivity index (χ3v) is 1.24. The molecule has 0 radical (unpaired) electrons. The molecule has 8 heteroatoms. The van der Waals surface area contributed by atoms with E-state index in [1.807, 2.05) is 0 Å². The Kier molecular flexibility index (Phi) is 20.0. The molecule has 0 unspecified atom stereocenters. The molecular formula is C10H16O7Ti. The summed E-state index contributed by atoms with van der Waals surface area (Å²) in [5.74, 6) is -1.25. The first kappa shape index (κ1) is 22.3. The number of aliphatic hydroxyl groups is 2. The molecule has 0 rings (SSSR count). The van der Waals surface area contributed by atoms with Crippen molar-refractivity contribution in [2.75, 3.05) is 13.2 Å². The normalized spacial score (nSPS) is 7.94. The number of hydrogen-bond donors (Lipinski definition) is 2. The van der Waals surface area contributed by atoms with Crippen molar-refractivity contribution in [3.05, 3.63) is 0 Å². The number of carbonyl (C=O) groups is 4. The fraction of sp³-hybridized carbons (Fsp3) is 0.600. The molecule has 0 spiro atoms. The van der Waals surface area contributed by atoms with Gasteiger partial charge < -0.3 is 10.2 Å². The first-order valence-electron chi connectivity index (χ1n) is 4.77. The van der Waals surface area contributed by atoms with E-state index in [4.69, 9.17) is 13.5 Å². The van der Waals surface area contributed by atoms with Gasteiger partial charge in [0, 0.05) is 0 Å². The van der Waals surface area contributed by atoms with E-state index in [1.165, 1.54) is 13.8 Å². The molecule has 0 aliphatic rings. The van der Waals surface area contributed by atoms with Gasteiger partial charge in [0.2, 0.25) is 0 Å². The molecule has 0 saturated carbocycles. The van der Waals surface area contributed by atoms with Crippen molar-refractivity contribution in [1.82, 2.24) is 0 Å². The Morgan fingerprint density at radius 1 is 0.778 bits per heavy atom. The maximum absolute atomic E-state index is 10.2. The van der Waals surface area contributed by atoms with E-state index >= 15 is 0 Å². The van der Waals surface area contributed by atoms with Crippen LogP contribution in [0.5, 0.6) is 0 Å². The van der Waals surface area contributed by atoms with Crippen LogP contribution in [0.2, 0.25) is 0 Å². The summed E-state index contributed by atoms with van der Waals surface area (Å²) < 4.78 is 8.25. The predicted octanol–water partition coefficient (Wildman–Crippen LogP) is -1.07. The summed E-state index contributed by atoms with van der Waals surface area (Å²) in [6.45, 7) is 1.57. The summed E-state index contributed by atoms with van der Waals surface area (Å²) >= 11 is 0.750. The molecule has 0 fully saturated rings. The number of rotatable bonds is 6. The van der Waals surface area contributed by atoms with Crippen LogP contribution in [0.3, 0.4) is 0 Å². The average molecular weight is 296 g/mol. The van der Waals surface area contributed by atoms with E-state index in [-0.39, 0.29) is 24.4 Å². The van der Waals surface area contributed by atoms with Crippen LogP contribution in [0.1, 0.15) is 26.7 Å². The van der Waals surface area contributed by atoms with Crippen molar-refractivity contribution in [3.63, 3.8) is 0 Å². The third kappa shape index (κ3) is 24.4. The predicted molar refractivity (Wildman–Crippen MR) is 55.5 cm³/mol. The zero-order valence-corrected chi connectivity index (χ0v) is 11.8. The van der Waals surface area contributed by atoms with Crippen molar-refractivity contribution in [1.29, 1.82) is 0 Å². The van der Waals surface area contributed by atoms with Gasteiger partial charge in [-0.2, -0.15) is 0 Å². The maximum atomic E-state index is 10.2. The second-order valence-corrected chi connectivity index (χ2v) is 3.15. The monoisotopic (exact) mass is 296 g/mol. The van der Waals surface area contributed by atoms with Crippen LogP contribution < -0.4 is 0 Å². The van der Waals surface area contributed by atoms with Crippen LogP contribution in [0.15, 0.2) is 0 Å². The molecule has 0 bridgehead atoms. The second kappa shape index (κ2) is 16.1. The fourth-order valence-corrected chi connectivity index (χ4v) is 0.667. The van der Waals surface area contributed by atoms with Gasteiger partial charge in [-0.1, -0.05) is 0 Å². The Morgan fingerprint density at radius 2 is 1.00 bits per heavy atom. The molecule has 0 aliphatic heterocycles. The van der Waals surface area contributed by atoms with Crippen LogP contribution in [-0.2, 0) is 42.9 Å². The summed E-state index contributed by atoms with van der Waals surface area (Å²) in [5, 5.41) is 16.2. The fourth-order valence-electron chi connectivity index (χ4n) is 0.667. The third-order valence-electron chi connectivity index (χ3n) is 1.24. The Bertz CT molecular complexity index is 260. The molecule has 0 aromatic heterocycles. The molecule has 0 atom stereocenters. The summed E-state index contributed by atoms with van der Waals surface area (Å²) in [5.41, 5.74) is 0. The van der Waals surface area contributed by atoms with E-state index in [2.05, 4.69) is 0 Å². The number of hydrogen-bond acceptors (Lipinski definition) is 7. The first-order chi connectivity index (χ1) is 8.33. The van der Waals surface area contributed by atoms with E-state index in [0.717, 1.165) is 20.4 Å². The molecule has 7 nitrogen and oxygen atoms in total. The standard InChI is InChI=1S/2C5H8O3.O.Ti/c2*1-4(7)2-5(8)3-6;;/h2*6H,2-3H2,1H3;;. The molecular weight excluding hydrogens is 280 g/mol. The SMILES string of the molecule is CC(=O)CC(=O)CO.CC(=O)CC(=O)CO.[O]=[Ti]. The number of carbonyl (C=O) groups excluding carboxylic acids is 4. The van der Waals surface area contributed by atoms with Crippen molar-refractivity contribution in [2.24, 2.45) is 0 Å². The van der Waals surface area contributed by atoms with Gasteiger partial charge in [0.1, 0.15) is 24.8 Å². The topological polar surface area (TPSA) is 126 Å². The summed E-state index contributed by atoms with van der Waals surface area (Å²) in [6.07, 6.45) is -0.285. The zero-order valence-electron chi connectivity index (χ0n) is 10.3. The van der Waals surface area contributed by atoms with Crippen molar-refractivity contribution >= 4 is 23.1 Å². The van der Waals surface area contributed by atoms with Gasteiger partial charge in [-0.25, -0.2) is 0 Å².